The summed E-state index contributed by atoms with van der Waals surface area (Å²) in [4.78, 5) is 20.1. The molecular weight excluding hydrogens is 308 g/mol. The first-order valence-electron chi connectivity index (χ1n) is 7.99. The molecule has 1 aliphatic rings. The molecule has 1 atom stereocenters. The van der Waals surface area contributed by atoms with Gasteiger partial charge in [-0.3, -0.25) is 4.79 Å². The maximum atomic E-state index is 12.8. The van der Waals surface area contributed by atoms with Crippen molar-refractivity contribution in [2.75, 3.05) is 20.2 Å². The van der Waals surface area contributed by atoms with Crippen LogP contribution in [0.25, 0.3) is 10.6 Å². The second-order valence-corrected chi connectivity index (χ2v) is 7.16. The van der Waals surface area contributed by atoms with Crippen LogP contribution in [-0.4, -0.2) is 36.0 Å². The monoisotopic (exact) mass is 330 g/mol. The summed E-state index contributed by atoms with van der Waals surface area (Å²) in [6.07, 6.45) is 2.30. The number of amides is 1. The third-order valence-electron chi connectivity index (χ3n) is 4.27. The molecule has 1 unspecified atom stereocenters. The van der Waals surface area contributed by atoms with Crippen LogP contribution in [0.2, 0.25) is 0 Å². The minimum Gasteiger partial charge on any atom is -0.497 e. The number of likely N-dealkylation sites (tertiary alicyclic amines) is 1. The highest BCUT2D eigenvalue weighted by Gasteiger charge is 2.25. The topological polar surface area (TPSA) is 42.4 Å². The molecule has 2 heterocycles. The Hall–Kier alpha value is -1.88. The normalized spacial score (nSPS) is 18.0. The third kappa shape index (κ3) is 3.39. The highest BCUT2D eigenvalue weighted by atomic mass is 32.1. The van der Waals surface area contributed by atoms with E-state index in [1.54, 1.807) is 7.11 Å². The van der Waals surface area contributed by atoms with E-state index in [9.17, 15) is 4.79 Å². The second-order valence-electron chi connectivity index (χ2n) is 6.16. The van der Waals surface area contributed by atoms with Crippen LogP contribution in [-0.2, 0) is 0 Å². The van der Waals surface area contributed by atoms with E-state index in [4.69, 9.17) is 4.74 Å². The van der Waals surface area contributed by atoms with Gasteiger partial charge in [0.25, 0.3) is 5.91 Å². The van der Waals surface area contributed by atoms with Gasteiger partial charge in [0.15, 0.2) is 0 Å². The van der Waals surface area contributed by atoms with Gasteiger partial charge in [-0.2, -0.15) is 0 Å². The fraction of sp³-hybridized carbons (Fsp3) is 0.444. The fourth-order valence-corrected chi connectivity index (χ4v) is 4.01. The van der Waals surface area contributed by atoms with E-state index in [-0.39, 0.29) is 5.91 Å². The van der Waals surface area contributed by atoms with Crippen molar-refractivity contribution in [3.05, 3.63) is 34.8 Å². The van der Waals surface area contributed by atoms with Gasteiger partial charge < -0.3 is 9.64 Å². The number of carbonyl (C=O) groups excluding carboxylic acids is 1. The number of hydrogen-bond acceptors (Lipinski definition) is 4. The van der Waals surface area contributed by atoms with Crippen LogP contribution in [0.4, 0.5) is 0 Å². The summed E-state index contributed by atoms with van der Waals surface area (Å²) in [7, 11) is 1.65. The van der Waals surface area contributed by atoms with E-state index in [0.29, 0.717) is 5.92 Å². The number of carbonyl (C=O) groups is 1. The maximum Gasteiger partial charge on any atom is 0.265 e. The van der Waals surface area contributed by atoms with E-state index in [1.165, 1.54) is 17.8 Å². The van der Waals surface area contributed by atoms with Crippen molar-refractivity contribution in [1.82, 2.24) is 9.88 Å². The number of piperidine rings is 1. The summed E-state index contributed by atoms with van der Waals surface area (Å²) in [5, 5.41) is 0.888. The minimum atomic E-state index is 0.131. The predicted octanol–water partition coefficient (Wildman–Crippen LogP) is 4.00. The number of aromatic nitrogens is 1. The molecule has 1 aliphatic heterocycles. The summed E-state index contributed by atoms with van der Waals surface area (Å²) in [5.74, 6) is 1.54. The Morgan fingerprint density at radius 2 is 2.09 bits per heavy atom. The summed E-state index contributed by atoms with van der Waals surface area (Å²) in [5.41, 5.74) is 1.84. The standard InChI is InChI=1S/C18H22N2O2S/c1-12-5-4-10-20(11-12)18(21)16-13(2)19-17(23-16)14-6-8-15(22-3)9-7-14/h6-9,12H,4-5,10-11H2,1-3H3. The number of benzene rings is 1. The Labute approximate surface area is 141 Å². The number of methoxy groups -OCH3 is 1. The molecule has 4 nitrogen and oxygen atoms in total. The number of nitrogens with zero attached hydrogens (tertiary/aromatic N) is 2. The average Bonchev–Trinajstić information content (AvgIpc) is 2.96. The van der Waals surface area contributed by atoms with Gasteiger partial charge in [-0.25, -0.2) is 4.98 Å². The Bertz CT molecular complexity index is 694. The lowest BCUT2D eigenvalue weighted by atomic mass is 10.0. The van der Waals surface area contributed by atoms with Gasteiger partial charge in [-0.15, -0.1) is 11.3 Å². The van der Waals surface area contributed by atoms with E-state index in [0.717, 1.165) is 46.4 Å². The van der Waals surface area contributed by atoms with Crippen molar-refractivity contribution in [2.45, 2.75) is 26.7 Å². The zero-order valence-corrected chi connectivity index (χ0v) is 14.7. The highest BCUT2D eigenvalue weighted by Crippen LogP contribution is 2.30. The largest absolute Gasteiger partial charge is 0.497 e. The lowest BCUT2D eigenvalue weighted by Crippen LogP contribution is -2.39. The molecule has 2 aromatic rings. The number of ether oxygens (including phenoxy) is 1. The molecule has 3 rings (SSSR count). The first kappa shape index (κ1) is 16.0. The SMILES string of the molecule is COc1ccc(-c2nc(C)c(C(=O)N3CCCC(C)C3)s2)cc1. The molecule has 122 valence electrons. The lowest BCUT2D eigenvalue weighted by Gasteiger charge is -2.30. The van der Waals surface area contributed by atoms with Crippen molar-refractivity contribution < 1.29 is 9.53 Å². The van der Waals surface area contributed by atoms with E-state index in [2.05, 4.69) is 11.9 Å². The van der Waals surface area contributed by atoms with Crippen LogP contribution in [0.1, 0.15) is 35.1 Å². The first-order chi connectivity index (χ1) is 11.1. The Morgan fingerprint density at radius 1 is 1.35 bits per heavy atom. The summed E-state index contributed by atoms with van der Waals surface area (Å²) in [6.45, 7) is 5.85. The van der Waals surface area contributed by atoms with E-state index in [1.807, 2.05) is 36.1 Å². The van der Waals surface area contributed by atoms with Gasteiger partial charge in [0.2, 0.25) is 0 Å². The molecule has 1 fully saturated rings. The molecule has 1 aromatic carbocycles. The lowest BCUT2D eigenvalue weighted by molar-refractivity contribution is 0.0687. The van der Waals surface area contributed by atoms with Gasteiger partial charge in [-0.05, 0) is 49.9 Å². The van der Waals surface area contributed by atoms with E-state index >= 15 is 0 Å². The molecule has 0 spiro atoms. The van der Waals surface area contributed by atoms with Gasteiger partial charge >= 0.3 is 0 Å². The molecular formula is C18H22N2O2S. The molecule has 1 amide bonds. The Morgan fingerprint density at radius 3 is 2.74 bits per heavy atom. The van der Waals surface area contributed by atoms with Crippen molar-refractivity contribution in [3.63, 3.8) is 0 Å². The van der Waals surface area contributed by atoms with Crippen molar-refractivity contribution in [2.24, 2.45) is 5.92 Å². The summed E-state index contributed by atoms with van der Waals surface area (Å²) < 4.78 is 5.18. The molecule has 0 bridgehead atoms. The average molecular weight is 330 g/mol. The van der Waals surface area contributed by atoms with Gasteiger partial charge in [0, 0.05) is 18.7 Å². The number of aryl methyl sites for hydroxylation is 1. The first-order valence-corrected chi connectivity index (χ1v) is 8.81. The van der Waals surface area contributed by atoms with Crippen molar-refractivity contribution in [1.29, 1.82) is 0 Å². The number of rotatable bonds is 3. The van der Waals surface area contributed by atoms with Crippen LogP contribution in [0.3, 0.4) is 0 Å². The molecule has 0 N–H and O–H groups in total. The molecule has 1 aromatic heterocycles. The Balaban J connectivity index is 1.83. The fourth-order valence-electron chi connectivity index (χ4n) is 2.97. The minimum absolute atomic E-state index is 0.131. The Kier molecular flexibility index (Phi) is 4.66. The molecule has 0 radical (unpaired) electrons. The van der Waals surface area contributed by atoms with Crippen molar-refractivity contribution in [3.8, 4) is 16.3 Å². The zero-order chi connectivity index (χ0) is 16.4. The molecule has 0 saturated carbocycles. The second kappa shape index (κ2) is 6.71. The predicted molar refractivity (Wildman–Crippen MR) is 93.1 cm³/mol. The number of hydrogen-bond donors (Lipinski definition) is 0. The maximum absolute atomic E-state index is 12.8. The summed E-state index contributed by atoms with van der Waals surface area (Å²) in [6, 6.07) is 7.79. The van der Waals surface area contributed by atoms with E-state index < -0.39 is 0 Å². The molecule has 23 heavy (non-hydrogen) atoms. The van der Waals surface area contributed by atoms with Crippen molar-refractivity contribution >= 4 is 17.2 Å². The molecule has 5 heteroatoms. The van der Waals surface area contributed by atoms with Gasteiger partial charge in [0.1, 0.15) is 15.6 Å². The van der Waals surface area contributed by atoms with Gasteiger partial charge in [-0.1, -0.05) is 6.92 Å². The van der Waals surface area contributed by atoms with Crippen LogP contribution in [0.5, 0.6) is 5.75 Å². The van der Waals surface area contributed by atoms with Gasteiger partial charge in [0.05, 0.1) is 12.8 Å². The molecule has 0 aliphatic carbocycles. The smallest absolute Gasteiger partial charge is 0.265 e. The quantitative estimate of drug-likeness (QED) is 0.854. The zero-order valence-electron chi connectivity index (χ0n) is 13.8. The van der Waals surface area contributed by atoms with Crippen LogP contribution < -0.4 is 4.74 Å². The van der Waals surface area contributed by atoms with Crippen LogP contribution in [0.15, 0.2) is 24.3 Å². The van der Waals surface area contributed by atoms with Crippen LogP contribution in [0, 0.1) is 12.8 Å². The highest BCUT2D eigenvalue weighted by molar-refractivity contribution is 7.17. The van der Waals surface area contributed by atoms with Crippen LogP contribution >= 0.6 is 11.3 Å². The number of thiazole rings is 1. The molecule has 1 saturated heterocycles. The summed E-state index contributed by atoms with van der Waals surface area (Å²) >= 11 is 1.49. The third-order valence-corrected chi connectivity index (χ3v) is 5.47.